The van der Waals surface area contributed by atoms with Gasteiger partial charge >= 0.3 is 5.97 Å². The molecule has 0 aliphatic rings. The minimum atomic E-state index is -1.13. The molecule has 20 heavy (non-hydrogen) atoms. The Balaban J connectivity index is 2.23. The van der Waals surface area contributed by atoms with E-state index in [9.17, 15) is 14.7 Å². The minimum absolute atomic E-state index is 0.0963. The number of carbonyl (C=O) groups is 2. The Bertz CT molecular complexity index is 636. The summed E-state index contributed by atoms with van der Waals surface area (Å²) < 4.78 is 5.63. The number of rotatable bonds is 4. The Morgan fingerprint density at radius 1 is 1.30 bits per heavy atom. The van der Waals surface area contributed by atoms with Crippen LogP contribution in [0.5, 0.6) is 0 Å². The van der Waals surface area contributed by atoms with Crippen molar-refractivity contribution in [2.24, 2.45) is 0 Å². The molecule has 5 nitrogen and oxygen atoms in total. The Morgan fingerprint density at radius 3 is 2.45 bits per heavy atom. The standard InChI is InChI=1S/C14H12BrNO4/c1-8-7-10(15)20-12(8)13(17)16-11(14(18)19)9-5-3-2-4-6-9/h2-7,11H,1H3,(H,16,17)(H,18,19). The minimum Gasteiger partial charge on any atom is -0.479 e. The number of halogens is 1. The molecule has 1 unspecified atom stereocenters. The molecule has 0 aliphatic heterocycles. The van der Waals surface area contributed by atoms with E-state index in [1.54, 1.807) is 43.3 Å². The molecule has 1 aromatic heterocycles. The van der Waals surface area contributed by atoms with Crippen LogP contribution < -0.4 is 5.32 Å². The van der Waals surface area contributed by atoms with E-state index >= 15 is 0 Å². The lowest BCUT2D eigenvalue weighted by atomic mass is 10.1. The fourth-order valence-electron chi connectivity index (χ4n) is 1.80. The number of benzene rings is 1. The number of amides is 1. The first-order valence-electron chi connectivity index (χ1n) is 5.83. The molecular formula is C14H12BrNO4. The lowest BCUT2D eigenvalue weighted by molar-refractivity contribution is -0.139. The molecule has 0 saturated heterocycles. The molecule has 0 radical (unpaired) electrons. The van der Waals surface area contributed by atoms with Gasteiger partial charge in [0, 0.05) is 5.56 Å². The zero-order valence-electron chi connectivity index (χ0n) is 10.6. The van der Waals surface area contributed by atoms with E-state index in [2.05, 4.69) is 21.2 Å². The third-order valence-electron chi connectivity index (χ3n) is 2.75. The third kappa shape index (κ3) is 3.08. The Labute approximate surface area is 123 Å². The van der Waals surface area contributed by atoms with Gasteiger partial charge in [-0.3, -0.25) is 4.79 Å². The summed E-state index contributed by atoms with van der Waals surface area (Å²) >= 11 is 3.13. The molecule has 1 aromatic carbocycles. The summed E-state index contributed by atoms with van der Waals surface area (Å²) in [6.07, 6.45) is 0. The van der Waals surface area contributed by atoms with Gasteiger partial charge in [0.2, 0.25) is 0 Å². The van der Waals surface area contributed by atoms with Gasteiger partial charge in [-0.2, -0.15) is 0 Å². The summed E-state index contributed by atoms with van der Waals surface area (Å²) in [5.74, 6) is -1.60. The van der Waals surface area contributed by atoms with Crippen LogP contribution in [0.1, 0.15) is 27.7 Å². The summed E-state index contributed by atoms with van der Waals surface area (Å²) in [4.78, 5) is 23.4. The number of furan rings is 1. The van der Waals surface area contributed by atoms with Crippen molar-refractivity contribution in [2.45, 2.75) is 13.0 Å². The van der Waals surface area contributed by atoms with Gasteiger partial charge in [-0.15, -0.1) is 0 Å². The van der Waals surface area contributed by atoms with Gasteiger partial charge in [0.25, 0.3) is 5.91 Å². The van der Waals surface area contributed by atoms with E-state index < -0.39 is 17.9 Å². The molecule has 1 amide bonds. The number of nitrogens with one attached hydrogen (secondary N) is 1. The molecule has 2 aromatic rings. The van der Waals surface area contributed by atoms with Crippen molar-refractivity contribution in [1.29, 1.82) is 0 Å². The number of carbonyl (C=O) groups excluding carboxylic acids is 1. The predicted octanol–water partition coefficient (Wildman–Crippen LogP) is 2.91. The van der Waals surface area contributed by atoms with E-state index in [0.717, 1.165) is 0 Å². The molecule has 1 heterocycles. The van der Waals surface area contributed by atoms with Gasteiger partial charge in [-0.25, -0.2) is 4.79 Å². The van der Waals surface area contributed by atoms with Crippen LogP contribution in [0, 0.1) is 6.92 Å². The third-order valence-corrected chi connectivity index (χ3v) is 3.14. The van der Waals surface area contributed by atoms with Gasteiger partial charge in [0.05, 0.1) is 0 Å². The summed E-state index contributed by atoms with van der Waals surface area (Å²) in [5.41, 5.74) is 1.13. The van der Waals surface area contributed by atoms with Crippen molar-refractivity contribution >= 4 is 27.8 Å². The van der Waals surface area contributed by atoms with Crippen LogP contribution in [0.2, 0.25) is 0 Å². The highest BCUT2D eigenvalue weighted by Crippen LogP contribution is 2.21. The summed E-state index contributed by atoms with van der Waals surface area (Å²) in [7, 11) is 0. The van der Waals surface area contributed by atoms with Crippen LogP contribution in [-0.2, 0) is 4.79 Å². The van der Waals surface area contributed by atoms with Crippen molar-refractivity contribution in [2.75, 3.05) is 0 Å². The van der Waals surface area contributed by atoms with Crippen LogP contribution in [0.15, 0.2) is 45.5 Å². The van der Waals surface area contributed by atoms with Crippen molar-refractivity contribution in [1.82, 2.24) is 5.32 Å². The first-order valence-corrected chi connectivity index (χ1v) is 6.63. The first-order chi connectivity index (χ1) is 9.49. The molecule has 0 saturated carbocycles. The smallest absolute Gasteiger partial charge is 0.330 e. The number of aryl methyl sites for hydroxylation is 1. The van der Waals surface area contributed by atoms with Crippen LogP contribution in [0.4, 0.5) is 0 Å². The summed E-state index contributed by atoms with van der Waals surface area (Å²) in [6.45, 7) is 1.71. The van der Waals surface area contributed by atoms with Crippen molar-refractivity contribution < 1.29 is 19.1 Å². The second kappa shape index (κ2) is 5.92. The number of carboxylic acid groups (broad SMARTS) is 1. The number of carboxylic acids is 1. The van der Waals surface area contributed by atoms with Gasteiger partial charge < -0.3 is 14.8 Å². The van der Waals surface area contributed by atoms with Crippen LogP contribution >= 0.6 is 15.9 Å². The molecule has 1 atom stereocenters. The van der Waals surface area contributed by atoms with Crippen molar-refractivity contribution in [3.8, 4) is 0 Å². The quantitative estimate of drug-likeness (QED) is 0.898. The second-order valence-electron chi connectivity index (χ2n) is 4.22. The molecule has 6 heteroatoms. The SMILES string of the molecule is Cc1cc(Br)oc1C(=O)NC(C(=O)O)c1ccccc1. The van der Waals surface area contributed by atoms with Crippen LogP contribution in [0.25, 0.3) is 0 Å². The first kappa shape index (κ1) is 14.3. The normalized spacial score (nSPS) is 11.9. The monoisotopic (exact) mass is 337 g/mol. The molecule has 104 valence electrons. The van der Waals surface area contributed by atoms with Crippen molar-refractivity contribution in [3.05, 3.63) is 58.0 Å². The fourth-order valence-corrected chi connectivity index (χ4v) is 2.30. The average molecular weight is 338 g/mol. The molecule has 2 N–H and O–H groups in total. The Kier molecular flexibility index (Phi) is 4.24. The highest BCUT2D eigenvalue weighted by atomic mass is 79.9. The number of aliphatic carboxylic acids is 1. The van der Waals surface area contributed by atoms with Gasteiger partial charge in [-0.05, 0) is 34.5 Å². The van der Waals surface area contributed by atoms with E-state index in [1.807, 2.05) is 0 Å². The Morgan fingerprint density at radius 2 is 1.95 bits per heavy atom. The average Bonchev–Trinajstić information content (AvgIpc) is 2.75. The maximum atomic E-state index is 12.1. The molecule has 0 bridgehead atoms. The van der Waals surface area contributed by atoms with Gasteiger partial charge in [0.1, 0.15) is 0 Å². The zero-order valence-corrected chi connectivity index (χ0v) is 12.2. The fraction of sp³-hybridized carbons (Fsp3) is 0.143. The van der Waals surface area contributed by atoms with Crippen LogP contribution in [0.3, 0.4) is 0 Å². The topological polar surface area (TPSA) is 79.5 Å². The highest BCUT2D eigenvalue weighted by Gasteiger charge is 2.25. The predicted molar refractivity (Wildman–Crippen MR) is 75.4 cm³/mol. The second-order valence-corrected chi connectivity index (χ2v) is 5.00. The molecule has 2 rings (SSSR count). The summed E-state index contributed by atoms with van der Waals surface area (Å²) in [6, 6.07) is 9.02. The molecule has 0 aliphatic carbocycles. The lowest BCUT2D eigenvalue weighted by Crippen LogP contribution is -2.33. The van der Waals surface area contributed by atoms with Gasteiger partial charge in [-0.1, -0.05) is 30.3 Å². The molecule has 0 fully saturated rings. The number of hydrogen-bond donors (Lipinski definition) is 2. The van der Waals surface area contributed by atoms with Gasteiger partial charge in [0.15, 0.2) is 16.5 Å². The molecule has 0 spiro atoms. The van der Waals surface area contributed by atoms with E-state index in [4.69, 9.17) is 4.42 Å². The lowest BCUT2D eigenvalue weighted by Gasteiger charge is -2.14. The Hall–Kier alpha value is -2.08. The highest BCUT2D eigenvalue weighted by molar-refractivity contribution is 9.10. The largest absolute Gasteiger partial charge is 0.479 e. The maximum Gasteiger partial charge on any atom is 0.330 e. The zero-order chi connectivity index (χ0) is 14.7. The van der Waals surface area contributed by atoms with E-state index in [-0.39, 0.29) is 5.76 Å². The van der Waals surface area contributed by atoms with E-state index in [1.165, 1.54) is 0 Å². The summed E-state index contributed by atoms with van der Waals surface area (Å²) in [5, 5.41) is 11.7. The van der Waals surface area contributed by atoms with Crippen LogP contribution in [-0.4, -0.2) is 17.0 Å². The van der Waals surface area contributed by atoms with Crippen molar-refractivity contribution in [3.63, 3.8) is 0 Å². The maximum absolute atomic E-state index is 12.1. The number of hydrogen-bond acceptors (Lipinski definition) is 3. The van der Waals surface area contributed by atoms with E-state index in [0.29, 0.717) is 15.8 Å². The molecular weight excluding hydrogens is 326 g/mol.